The Labute approximate surface area is 76.1 Å². The summed E-state index contributed by atoms with van der Waals surface area (Å²) in [5.74, 6) is 0. The molecule has 2 nitrogen and oxygen atoms in total. The summed E-state index contributed by atoms with van der Waals surface area (Å²) in [4.78, 5) is 2.49. The van der Waals surface area contributed by atoms with Gasteiger partial charge in [-0.1, -0.05) is 20.3 Å². The van der Waals surface area contributed by atoms with Crippen molar-refractivity contribution < 1.29 is 0 Å². The Bertz CT molecular complexity index is 120. The molecule has 1 fully saturated rings. The highest BCUT2D eigenvalue weighted by Gasteiger charge is 2.36. The first-order valence-corrected chi connectivity index (χ1v) is 5.19. The fourth-order valence-corrected chi connectivity index (χ4v) is 2.03. The van der Waals surface area contributed by atoms with E-state index >= 15 is 0 Å². The quantitative estimate of drug-likeness (QED) is 0.677. The molecule has 12 heavy (non-hydrogen) atoms. The minimum Gasteiger partial charge on any atom is -0.330 e. The van der Waals surface area contributed by atoms with E-state index in [0.717, 1.165) is 19.6 Å². The van der Waals surface area contributed by atoms with Crippen LogP contribution >= 0.6 is 0 Å². The number of hydrogen-bond acceptors (Lipinski definition) is 2. The van der Waals surface area contributed by atoms with E-state index in [4.69, 9.17) is 5.73 Å². The topological polar surface area (TPSA) is 29.3 Å². The van der Waals surface area contributed by atoms with Gasteiger partial charge in [0.25, 0.3) is 0 Å². The van der Waals surface area contributed by atoms with Crippen LogP contribution in [0.3, 0.4) is 0 Å². The molecule has 0 bridgehead atoms. The Hall–Kier alpha value is -0.0800. The molecule has 0 aromatic heterocycles. The Morgan fingerprint density at radius 2 is 1.83 bits per heavy atom. The van der Waals surface area contributed by atoms with Crippen LogP contribution in [0.25, 0.3) is 0 Å². The standard InChI is InChI=1S/C10H22N2/c1-3-12(4-2)9-10(8-11)6-5-7-10/h3-9,11H2,1-2H3. The molecule has 0 aliphatic heterocycles. The van der Waals surface area contributed by atoms with Gasteiger partial charge in [-0.25, -0.2) is 0 Å². The van der Waals surface area contributed by atoms with Crippen LogP contribution in [0.1, 0.15) is 33.1 Å². The van der Waals surface area contributed by atoms with E-state index in [2.05, 4.69) is 18.7 Å². The van der Waals surface area contributed by atoms with Crippen molar-refractivity contribution in [2.24, 2.45) is 11.1 Å². The third-order valence-corrected chi connectivity index (χ3v) is 3.30. The van der Waals surface area contributed by atoms with Crippen molar-refractivity contribution >= 4 is 0 Å². The molecule has 0 spiro atoms. The van der Waals surface area contributed by atoms with Gasteiger partial charge in [0, 0.05) is 6.54 Å². The van der Waals surface area contributed by atoms with Crippen molar-refractivity contribution in [1.29, 1.82) is 0 Å². The first-order valence-electron chi connectivity index (χ1n) is 5.19. The minimum absolute atomic E-state index is 0.492. The van der Waals surface area contributed by atoms with Crippen LogP contribution in [0.2, 0.25) is 0 Å². The molecule has 0 unspecified atom stereocenters. The summed E-state index contributed by atoms with van der Waals surface area (Å²) >= 11 is 0. The van der Waals surface area contributed by atoms with Gasteiger partial charge in [0.15, 0.2) is 0 Å². The van der Waals surface area contributed by atoms with Gasteiger partial charge < -0.3 is 10.6 Å². The molecule has 0 radical (unpaired) electrons. The molecular formula is C10H22N2. The van der Waals surface area contributed by atoms with Crippen LogP contribution < -0.4 is 5.73 Å². The molecule has 1 aliphatic carbocycles. The van der Waals surface area contributed by atoms with E-state index in [-0.39, 0.29) is 0 Å². The van der Waals surface area contributed by atoms with E-state index in [0.29, 0.717) is 5.41 Å². The van der Waals surface area contributed by atoms with Gasteiger partial charge in [-0.15, -0.1) is 0 Å². The Balaban J connectivity index is 2.35. The highest BCUT2D eigenvalue weighted by molar-refractivity contribution is 4.90. The van der Waals surface area contributed by atoms with Gasteiger partial charge >= 0.3 is 0 Å². The zero-order valence-electron chi connectivity index (χ0n) is 8.47. The van der Waals surface area contributed by atoms with Crippen LogP contribution in [0.4, 0.5) is 0 Å². The van der Waals surface area contributed by atoms with Gasteiger partial charge in [0.2, 0.25) is 0 Å². The third kappa shape index (κ3) is 1.99. The van der Waals surface area contributed by atoms with Crippen LogP contribution in [0, 0.1) is 5.41 Å². The number of rotatable bonds is 5. The molecule has 0 saturated heterocycles. The summed E-state index contributed by atoms with van der Waals surface area (Å²) < 4.78 is 0. The second-order valence-corrected chi connectivity index (χ2v) is 4.02. The van der Waals surface area contributed by atoms with Gasteiger partial charge in [-0.3, -0.25) is 0 Å². The lowest BCUT2D eigenvalue weighted by molar-refractivity contribution is 0.0801. The Kier molecular flexibility index (Phi) is 3.53. The van der Waals surface area contributed by atoms with Gasteiger partial charge in [0.1, 0.15) is 0 Å². The van der Waals surface area contributed by atoms with Gasteiger partial charge in [0.05, 0.1) is 0 Å². The molecule has 1 aliphatic rings. The highest BCUT2D eigenvalue weighted by atomic mass is 15.1. The molecule has 72 valence electrons. The number of nitrogens with two attached hydrogens (primary N) is 1. The average molecular weight is 170 g/mol. The van der Waals surface area contributed by atoms with E-state index in [1.165, 1.54) is 25.8 Å². The largest absolute Gasteiger partial charge is 0.330 e. The summed E-state index contributed by atoms with van der Waals surface area (Å²) in [7, 11) is 0. The molecule has 1 rings (SSSR count). The lowest BCUT2D eigenvalue weighted by atomic mass is 9.68. The van der Waals surface area contributed by atoms with Crippen molar-refractivity contribution in [2.45, 2.75) is 33.1 Å². The molecule has 2 N–H and O–H groups in total. The van der Waals surface area contributed by atoms with Crippen molar-refractivity contribution in [2.75, 3.05) is 26.2 Å². The zero-order valence-corrected chi connectivity index (χ0v) is 8.47. The first-order chi connectivity index (χ1) is 5.76. The third-order valence-electron chi connectivity index (χ3n) is 3.30. The number of hydrogen-bond donors (Lipinski definition) is 1. The molecule has 0 amide bonds. The summed E-state index contributed by atoms with van der Waals surface area (Å²) in [5.41, 5.74) is 6.29. The van der Waals surface area contributed by atoms with Crippen molar-refractivity contribution in [3.63, 3.8) is 0 Å². The van der Waals surface area contributed by atoms with E-state index in [1.807, 2.05) is 0 Å². The molecule has 0 aromatic carbocycles. The maximum atomic E-state index is 5.80. The Morgan fingerprint density at radius 3 is 2.08 bits per heavy atom. The minimum atomic E-state index is 0.492. The second kappa shape index (κ2) is 4.24. The van der Waals surface area contributed by atoms with Crippen molar-refractivity contribution in [3.05, 3.63) is 0 Å². The summed E-state index contributed by atoms with van der Waals surface area (Å²) in [5, 5.41) is 0. The van der Waals surface area contributed by atoms with E-state index in [9.17, 15) is 0 Å². The smallest absolute Gasteiger partial charge is 0.00498 e. The molecular weight excluding hydrogens is 148 g/mol. The summed E-state index contributed by atoms with van der Waals surface area (Å²) in [6, 6.07) is 0. The first kappa shape index (κ1) is 10.0. The highest BCUT2D eigenvalue weighted by Crippen LogP contribution is 2.40. The van der Waals surface area contributed by atoms with Crippen molar-refractivity contribution in [1.82, 2.24) is 4.90 Å². The van der Waals surface area contributed by atoms with Crippen LogP contribution in [-0.4, -0.2) is 31.1 Å². The maximum absolute atomic E-state index is 5.80. The molecule has 1 saturated carbocycles. The second-order valence-electron chi connectivity index (χ2n) is 4.02. The number of nitrogens with zero attached hydrogens (tertiary/aromatic N) is 1. The zero-order chi connectivity index (χ0) is 9.03. The van der Waals surface area contributed by atoms with Crippen LogP contribution in [0.15, 0.2) is 0 Å². The average Bonchev–Trinajstić information content (AvgIpc) is 2.05. The lowest BCUT2D eigenvalue weighted by Gasteiger charge is -2.44. The van der Waals surface area contributed by atoms with E-state index < -0.39 is 0 Å². The lowest BCUT2D eigenvalue weighted by Crippen LogP contribution is -2.47. The summed E-state index contributed by atoms with van der Waals surface area (Å²) in [6.07, 6.45) is 4.08. The predicted molar refractivity (Wildman–Crippen MR) is 53.1 cm³/mol. The normalized spacial score (nSPS) is 21.0. The monoisotopic (exact) mass is 170 g/mol. The van der Waals surface area contributed by atoms with Gasteiger partial charge in [-0.2, -0.15) is 0 Å². The van der Waals surface area contributed by atoms with E-state index in [1.54, 1.807) is 0 Å². The summed E-state index contributed by atoms with van der Waals surface area (Å²) in [6.45, 7) is 8.88. The van der Waals surface area contributed by atoms with Crippen LogP contribution in [0.5, 0.6) is 0 Å². The predicted octanol–water partition coefficient (Wildman–Crippen LogP) is 1.46. The molecule has 0 aromatic rings. The van der Waals surface area contributed by atoms with Gasteiger partial charge in [-0.05, 0) is 37.9 Å². The van der Waals surface area contributed by atoms with Crippen molar-refractivity contribution in [3.8, 4) is 0 Å². The fourth-order valence-electron chi connectivity index (χ4n) is 2.03. The maximum Gasteiger partial charge on any atom is 0.00498 e. The molecule has 0 heterocycles. The van der Waals surface area contributed by atoms with Crippen LogP contribution in [-0.2, 0) is 0 Å². The SMILES string of the molecule is CCN(CC)CC1(CN)CCC1. The molecule has 0 atom stereocenters. The molecule has 2 heteroatoms. The Morgan fingerprint density at radius 1 is 1.25 bits per heavy atom. The fraction of sp³-hybridized carbons (Fsp3) is 1.00.